The molecule has 0 aromatic heterocycles. The highest BCUT2D eigenvalue weighted by Crippen LogP contribution is 2.00. The van der Waals surface area contributed by atoms with Crippen molar-refractivity contribution in [1.82, 2.24) is 0 Å². The van der Waals surface area contributed by atoms with Crippen molar-refractivity contribution in [2.45, 2.75) is 32.2 Å². The SMILES string of the molecule is CC(=O)CC(=O)CCC(N)C(=O)N=O. The first kappa shape index (κ1) is 12.6. The first-order valence-electron chi connectivity index (χ1n) is 4.11. The quantitative estimate of drug-likeness (QED) is 0.477. The van der Waals surface area contributed by atoms with Crippen LogP contribution in [0.3, 0.4) is 0 Å². The Morgan fingerprint density at radius 3 is 2.36 bits per heavy atom. The van der Waals surface area contributed by atoms with Crippen LogP contribution in [0.25, 0.3) is 0 Å². The van der Waals surface area contributed by atoms with E-state index in [0.717, 1.165) is 0 Å². The molecule has 0 rings (SSSR count). The summed E-state index contributed by atoms with van der Waals surface area (Å²) in [7, 11) is 0. The van der Waals surface area contributed by atoms with Crippen LogP contribution in [0, 0.1) is 4.91 Å². The van der Waals surface area contributed by atoms with Gasteiger partial charge in [-0.1, -0.05) is 0 Å². The van der Waals surface area contributed by atoms with Gasteiger partial charge < -0.3 is 5.73 Å². The molecule has 78 valence electrons. The summed E-state index contributed by atoms with van der Waals surface area (Å²) < 4.78 is 0. The van der Waals surface area contributed by atoms with Gasteiger partial charge >= 0.3 is 5.91 Å². The second-order valence-corrected chi connectivity index (χ2v) is 2.99. The molecule has 6 nitrogen and oxygen atoms in total. The predicted molar refractivity (Wildman–Crippen MR) is 48.3 cm³/mol. The highest BCUT2D eigenvalue weighted by atomic mass is 16.3. The molecule has 6 heteroatoms. The number of rotatable bonds is 6. The Hall–Kier alpha value is -1.43. The van der Waals surface area contributed by atoms with Crippen LogP contribution in [0.15, 0.2) is 5.18 Å². The fraction of sp³-hybridized carbons (Fsp3) is 0.625. The highest BCUT2D eigenvalue weighted by molar-refractivity contribution is 5.98. The molecule has 0 heterocycles. The van der Waals surface area contributed by atoms with Crippen molar-refractivity contribution in [3.63, 3.8) is 0 Å². The third-order valence-corrected chi connectivity index (χ3v) is 1.59. The summed E-state index contributed by atoms with van der Waals surface area (Å²) >= 11 is 0. The molecule has 0 spiro atoms. The molecule has 0 aliphatic rings. The Labute approximate surface area is 80.8 Å². The van der Waals surface area contributed by atoms with Gasteiger partial charge in [0.05, 0.1) is 12.5 Å². The first-order chi connectivity index (χ1) is 6.47. The zero-order chi connectivity index (χ0) is 11.1. The number of ketones is 2. The number of Topliss-reactive ketones (excluding diaryl/α,β-unsaturated/α-hetero) is 2. The summed E-state index contributed by atoms with van der Waals surface area (Å²) in [6.45, 7) is 1.30. The van der Waals surface area contributed by atoms with Gasteiger partial charge in [0.15, 0.2) is 0 Å². The number of nitrogens with zero attached hydrogens (tertiary/aromatic N) is 1. The van der Waals surface area contributed by atoms with Gasteiger partial charge in [0.25, 0.3) is 0 Å². The van der Waals surface area contributed by atoms with Crippen molar-refractivity contribution in [2.75, 3.05) is 0 Å². The highest BCUT2D eigenvalue weighted by Gasteiger charge is 2.15. The lowest BCUT2D eigenvalue weighted by Gasteiger charge is -2.03. The van der Waals surface area contributed by atoms with Crippen molar-refractivity contribution in [2.24, 2.45) is 10.9 Å². The molecule has 1 atom stereocenters. The predicted octanol–water partition coefficient (Wildman–Crippen LogP) is -0.0649. The van der Waals surface area contributed by atoms with Gasteiger partial charge in [-0.3, -0.25) is 14.4 Å². The van der Waals surface area contributed by atoms with Crippen LogP contribution < -0.4 is 5.73 Å². The minimum atomic E-state index is -1.04. The van der Waals surface area contributed by atoms with E-state index in [1.54, 1.807) is 0 Å². The average Bonchev–Trinajstić information content (AvgIpc) is 2.11. The summed E-state index contributed by atoms with van der Waals surface area (Å²) in [5.41, 5.74) is 5.23. The molecule has 0 bridgehead atoms. The van der Waals surface area contributed by atoms with Crippen molar-refractivity contribution < 1.29 is 14.4 Å². The molecule has 0 fully saturated rings. The Bertz CT molecular complexity index is 262. The van der Waals surface area contributed by atoms with Crippen LogP contribution in [0.1, 0.15) is 26.2 Å². The summed E-state index contributed by atoms with van der Waals surface area (Å²) in [5.74, 6) is -1.49. The zero-order valence-corrected chi connectivity index (χ0v) is 7.86. The second-order valence-electron chi connectivity index (χ2n) is 2.99. The molecule has 1 amide bonds. The van der Waals surface area contributed by atoms with E-state index in [9.17, 15) is 19.3 Å². The van der Waals surface area contributed by atoms with E-state index >= 15 is 0 Å². The maximum Gasteiger partial charge on any atom is 0.302 e. The van der Waals surface area contributed by atoms with E-state index in [0.29, 0.717) is 0 Å². The lowest BCUT2D eigenvalue weighted by molar-refractivity contribution is -0.126. The van der Waals surface area contributed by atoms with Gasteiger partial charge in [-0.05, 0) is 13.3 Å². The lowest BCUT2D eigenvalue weighted by atomic mass is 10.1. The largest absolute Gasteiger partial charge is 0.320 e. The van der Waals surface area contributed by atoms with Gasteiger partial charge in [0.1, 0.15) is 11.6 Å². The van der Waals surface area contributed by atoms with Gasteiger partial charge in [-0.25, -0.2) is 0 Å². The molecular weight excluding hydrogens is 188 g/mol. The molecular formula is C8H12N2O4. The monoisotopic (exact) mass is 200 g/mol. The molecule has 0 saturated carbocycles. The Balaban J connectivity index is 3.82. The number of carbonyl (C=O) groups is 3. The number of carbonyl (C=O) groups excluding carboxylic acids is 3. The minimum Gasteiger partial charge on any atom is -0.320 e. The average molecular weight is 200 g/mol. The van der Waals surface area contributed by atoms with E-state index in [2.05, 4.69) is 5.18 Å². The van der Waals surface area contributed by atoms with Crippen LogP contribution >= 0.6 is 0 Å². The fourth-order valence-corrected chi connectivity index (χ4v) is 0.874. The van der Waals surface area contributed by atoms with Crippen LogP contribution in [-0.2, 0) is 14.4 Å². The van der Waals surface area contributed by atoms with E-state index in [4.69, 9.17) is 5.73 Å². The molecule has 1 unspecified atom stereocenters. The smallest absolute Gasteiger partial charge is 0.302 e. The van der Waals surface area contributed by atoms with Crippen LogP contribution in [0.5, 0.6) is 0 Å². The molecule has 0 aromatic carbocycles. The van der Waals surface area contributed by atoms with E-state index in [1.807, 2.05) is 0 Å². The van der Waals surface area contributed by atoms with E-state index < -0.39 is 11.9 Å². The second kappa shape index (κ2) is 6.09. The molecule has 0 aliphatic carbocycles. The minimum absolute atomic E-state index is 0.0159. The Kier molecular flexibility index (Phi) is 5.47. The maximum absolute atomic E-state index is 11.0. The van der Waals surface area contributed by atoms with Crippen molar-refractivity contribution >= 4 is 17.5 Å². The molecule has 0 aliphatic heterocycles. The molecule has 0 saturated heterocycles. The lowest BCUT2D eigenvalue weighted by Crippen LogP contribution is -2.29. The number of hydrogen-bond donors (Lipinski definition) is 1. The first-order valence-corrected chi connectivity index (χ1v) is 4.11. The van der Waals surface area contributed by atoms with Crippen molar-refractivity contribution in [3.05, 3.63) is 4.91 Å². The normalized spacial score (nSPS) is 11.9. The van der Waals surface area contributed by atoms with Gasteiger partial charge in [0, 0.05) is 11.6 Å². The zero-order valence-electron chi connectivity index (χ0n) is 7.86. The number of nitroso groups, excluding NO2 is 1. The van der Waals surface area contributed by atoms with Gasteiger partial charge in [-0.2, -0.15) is 0 Å². The van der Waals surface area contributed by atoms with E-state index in [-0.39, 0.29) is 30.8 Å². The van der Waals surface area contributed by atoms with Crippen LogP contribution in [-0.4, -0.2) is 23.5 Å². The fourth-order valence-electron chi connectivity index (χ4n) is 0.874. The number of hydrogen-bond acceptors (Lipinski definition) is 5. The molecule has 0 aromatic rings. The van der Waals surface area contributed by atoms with Crippen molar-refractivity contribution in [1.29, 1.82) is 0 Å². The summed E-state index contributed by atoms with van der Waals surface area (Å²) in [4.78, 5) is 41.8. The maximum atomic E-state index is 11.0. The summed E-state index contributed by atoms with van der Waals surface area (Å²) in [6.07, 6.45) is -0.0892. The van der Waals surface area contributed by atoms with Crippen LogP contribution in [0.2, 0.25) is 0 Å². The Morgan fingerprint density at radius 2 is 1.93 bits per heavy atom. The summed E-state index contributed by atoms with van der Waals surface area (Å²) in [6, 6.07) is -1.04. The standard InChI is InChI=1S/C8H12N2O4/c1-5(11)4-6(12)2-3-7(9)8(13)10-14/h7H,2-4,9H2,1H3. The van der Waals surface area contributed by atoms with Gasteiger partial charge in [0.2, 0.25) is 0 Å². The third-order valence-electron chi connectivity index (χ3n) is 1.59. The Morgan fingerprint density at radius 1 is 1.36 bits per heavy atom. The number of amides is 1. The third kappa shape index (κ3) is 5.26. The topological polar surface area (TPSA) is 107 Å². The van der Waals surface area contributed by atoms with Crippen LogP contribution in [0.4, 0.5) is 0 Å². The van der Waals surface area contributed by atoms with Crippen molar-refractivity contribution in [3.8, 4) is 0 Å². The molecule has 0 radical (unpaired) electrons. The number of nitrogens with two attached hydrogens (primary N) is 1. The molecule has 14 heavy (non-hydrogen) atoms. The van der Waals surface area contributed by atoms with Gasteiger partial charge in [-0.15, -0.1) is 4.91 Å². The molecule has 2 N–H and O–H groups in total. The van der Waals surface area contributed by atoms with E-state index in [1.165, 1.54) is 6.92 Å². The summed E-state index contributed by atoms with van der Waals surface area (Å²) in [5, 5.41) is 2.14.